The van der Waals surface area contributed by atoms with Gasteiger partial charge >= 0.3 is 0 Å². The lowest BCUT2D eigenvalue weighted by Gasteiger charge is -2.15. The van der Waals surface area contributed by atoms with Gasteiger partial charge < -0.3 is 0 Å². The van der Waals surface area contributed by atoms with Crippen molar-refractivity contribution in [2.45, 2.75) is 25.5 Å². The van der Waals surface area contributed by atoms with E-state index in [4.69, 9.17) is 11.6 Å². The van der Waals surface area contributed by atoms with Crippen molar-refractivity contribution >= 4 is 46.1 Å². The van der Waals surface area contributed by atoms with E-state index in [1.54, 1.807) is 53.1 Å². The molecule has 0 atom stereocenters. The Bertz CT molecular complexity index is 1130. The van der Waals surface area contributed by atoms with Crippen molar-refractivity contribution in [3.63, 3.8) is 0 Å². The number of hydrazine groups is 1. The summed E-state index contributed by atoms with van der Waals surface area (Å²) in [6.07, 6.45) is 0. The standard InChI is InChI=1S/C21H21ClN4O3S/c1-13(2)11-26-20(29)16-10-15(22)8-9-17(16)23-21(26)30-12-18(27)24-25-19(28)14-6-4-3-5-7-14/h3-10,13H,11-12H2,1-2H3,(H,24,27)(H,25,28). The van der Waals surface area contributed by atoms with Gasteiger partial charge in [-0.15, -0.1) is 0 Å². The minimum atomic E-state index is -0.411. The molecule has 0 radical (unpaired) electrons. The zero-order valence-electron chi connectivity index (χ0n) is 16.5. The van der Waals surface area contributed by atoms with E-state index in [1.807, 2.05) is 13.8 Å². The first-order valence-corrected chi connectivity index (χ1v) is 10.7. The molecule has 3 rings (SSSR count). The zero-order chi connectivity index (χ0) is 21.7. The van der Waals surface area contributed by atoms with Crippen LogP contribution >= 0.6 is 23.4 Å². The van der Waals surface area contributed by atoms with Crippen molar-refractivity contribution < 1.29 is 9.59 Å². The van der Waals surface area contributed by atoms with E-state index in [0.717, 1.165) is 11.8 Å². The van der Waals surface area contributed by atoms with Crippen LogP contribution in [-0.2, 0) is 11.3 Å². The van der Waals surface area contributed by atoms with Gasteiger partial charge in [0.05, 0.1) is 16.7 Å². The first kappa shape index (κ1) is 21.9. The SMILES string of the molecule is CC(C)Cn1c(SCC(=O)NNC(=O)c2ccccc2)nc2ccc(Cl)cc2c1=O. The summed E-state index contributed by atoms with van der Waals surface area (Å²) in [4.78, 5) is 41.7. The van der Waals surface area contributed by atoms with Gasteiger partial charge in [-0.2, -0.15) is 0 Å². The van der Waals surface area contributed by atoms with Gasteiger partial charge in [0.2, 0.25) is 5.91 Å². The van der Waals surface area contributed by atoms with E-state index < -0.39 is 11.8 Å². The molecular weight excluding hydrogens is 424 g/mol. The van der Waals surface area contributed by atoms with E-state index >= 15 is 0 Å². The molecule has 1 aromatic heterocycles. The average Bonchev–Trinajstić information content (AvgIpc) is 2.73. The fraction of sp³-hybridized carbons (Fsp3) is 0.238. The van der Waals surface area contributed by atoms with Crippen molar-refractivity contribution in [3.05, 3.63) is 69.5 Å². The molecule has 0 aliphatic heterocycles. The topological polar surface area (TPSA) is 93.1 Å². The number of carbonyl (C=O) groups excluding carboxylic acids is 2. The number of benzene rings is 2. The summed E-state index contributed by atoms with van der Waals surface area (Å²) in [6.45, 7) is 4.45. The van der Waals surface area contributed by atoms with Crippen LogP contribution in [0.4, 0.5) is 0 Å². The number of nitrogens with one attached hydrogen (secondary N) is 2. The average molecular weight is 445 g/mol. The molecule has 2 amide bonds. The van der Waals surface area contributed by atoms with Gasteiger partial charge in [-0.1, -0.05) is 55.4 Å². The summed E-state index contributed by atoms with van der Waals surface area (Å²) in [5.41, 5.74) is 5.51. The number of nitrogens with zero attached hydrogens (tertiary/aromatic N) is 2. The lowest BCUT2D eigenvalue weighted by Crippen LogP contribution is -2.42. The molecule has 3 aromatic rings. The molecule has 0 saturated carbocycles. The Morgan fingerprint density at radius 1 is 1.13 bits per heavy atom. The smallest absolute Gasteiger partial charge is 0.269 e. The number of thioether (sulfide) groups is 1. The number of halogens is 1. The number of rotatable bonds is 6. The van der Waals surface area contributed by atoms with Crippen molar-refractivity contribution in [2.75, 3.05) is 5.75 Å². The molecule has 1 heterocycles. The third-order valence-electron chi connectivity index (χ3n) is 4.11. The van der Waals surface area contributed by atoms with Crippen molar-refractivity contribution in [1.29, 1.82) is 0 Å². The maximum Gasteiger partial charge on any atom is 0.269 e. The molecule has 156 valence electrons. The minimum absolute atomic E-state index is 0.0152. The number of carbonyl (C=O) groups is 2. The highest BCUT2D eigenvalue weighted by molar-refractivity contribution is 7.99. The molecule has 0 fully saturated rings. The van der Waals surface area contributed by atoms with Gasteiger partial charge in [0.25, 0.3) is 11.5 Å². The van der Waals surface area contributed by atoms with Gasteiger partial charge in [0, 0.05) is 17.1 Å². The third-order valence-corrected chi connectivity index (χ3v) is 5.32. The fourth-order valence-electron chi connectivity index (χ4n) is 2.76. The quantitative estimate of drug-likeness (QED) is 0.346. The predicted molar refractivity (Wildman–Crippen MR) is 119 cm³/mol. The molecule has 7 nitrogen and oxygen atoms in total. The van der Waals surface area contributed by atoms with E-state index in [1.165, 1.54) is 0 Å². The van der Waals surface area contributed by atoms with Crippen LogP contribution in [0.2, 0.25) is 5.02 Å². The van der Waals surface area contributed by atoms with Crippen LogP contribution in [0.25, 0.3) is 10.9 Å². The van der Waals surface area contributed by atoms with Crippen LogP contribution < -0.4 is 16.4 Å². The molecule has 0 bridgehead atoms. The Morgan fingerprint density at radius 3 is 2.57 bits per heavy atom. The van der Waals surface area contributed by atoms with Gasteiger partial charge in [-0.05, 0) is 36.2 Å². The summed E-state index contributed by atoms with van der Waals surface area (Å²) in [5.74, 6) is -0.629. The molecule has 2 aromatic carbocycles. The first-order valence-electron chi connectivity index (χ1n) is 9.32. The number of fused-ring (bicyclic) bond motifs is 1. The minimum Gasteiger partial charge on any atom is -0.287 e. The highest BCUT2D eigenvalue weighted by atomic mass is 35.5. The van der Waals surface area contributed by atoms with Gasteiger partial charge in [-0.25, -0.2) is 4.98 Å². The van der Waals surface area contributed by atoms with Crippen LogP contribution in [0.3, 0.4) is 0 Å². The summed E-state index contributed by atoms with van der Waals surface area (Å²) >= 11 is 7.16. The molecule has 0 aliphatic carbocycles. The van der Waals surface area contributed by atoms with Crippen LogP contribution in [0, 0.1) is 5.92 Å². The van der Waals surface area contributed by atoms with Crippen molar-refractivity contribution in [1.82, 2.24) is 20.4 Å². The Labute approximate surface area is 182 Å². The first-order chi connectivity index (χ1) is 14.3. The monoisotopic (exact) mass is 444 g/mol. The van der Waals surface area contributed by atoms with E-state index in [9.17, 15) is 14.4 Å². The Morgan fingerprint density at radius 2 is 1.87 bits per heavy atom. The summed E-state index contributed by atoms with van der Waals surface area (Å²) in [7, 11) is 0. The maximum atomic E-state index is 12.9. The second-order valence-corrected chi connectivity index (χ2v) is 8.40. The number of hydrogen-bond acceptors (Lipinski definition) is 5. The second-order valence-electron chi connectivity index (χ2n) is 7.02. The number of aromatic nitrogens is 2. The molecule has 0 saturated heterocycles. The molecule has 30 heavy (non-hydrogen) atoms. The number of hydrogen-bond donors (Lipinski definition) is 2. The van der Waals surface area contributed by atoms with Crippen molar-refractivity contribution in [3.8, 4) is 0 Å². The van der Waals surface area contributed by atoms with Gasteiger partial charge in [0.1, 0.15) is 0 Å². The number of amides is 2. The maximum absolute atomic E-state index is 12.9. The van der Waals surface area contributed by atoms with E-state index in [2.05, 4.69) is 15.8 Å². The summed E-state index contributed by atoms with van der Waals surface area (Å²) in [5, 5.41) is 1.34. The molecule has 0 spiro atoms. The van der Waals surface area contributed by atoms with Crippen molar-refractivity contribution in [2.24, 2.45) is 5.92 Å². The van der Waals surface area contributed by atoms with Crippen LogP contribution in [-0.4, -0.2) is 27.1 Å². The highest BCUT2D eigenvalue weighted by Gasteiger charge is 2.15. The lowest BCUT2D eigenvalue weighted by molar-refractivity contribution is -0.119. The zero-order valence-corrected chi connectivity index (χ0v) is 18.1. The van der Waals surface area contributed by atoms with Crippen LogP contribution in [0.15, 0.2) is 58.5 Å². The molecule has 0 unspecified atom stereocenters. The Kier molecular flexibility index (Phi) is 7.12. The fourth-order valence-corrected chi connectivity index (χ4v) is 3.74. The Balaban J connectivity index is 1.73. The van der Waals surface area contributed by atoms with Gasteiger partial charge in [0.15, 0.2) is 5.16 Å². The predicted octanol–water partition coefficient (Wildman–Crippen LogP) is 3.26. The molecular formula is C21H21ClN4O3S. The lowest BCUT2D eigenvalue weighted by atomic mass is 10.2. The third kappa shape index (κ3) is 5.40. The normalized spacial score (nSPS) is 10.9. The highest BCUT2D eigenvalue weighted by Crippen LogP contribution is 2.21. The summed E-state index contributed by atoms with van der Waals surface area (Å²) in [6, 6.07) is 13.5. The van der Waals surface area contributed by atoms with E-state index in [0.29, 0.717) is 33.2 Å². The Hall–Kier alpha value is -2.84. The molecule has 0 aliphatic rings. The summed E-state index contributed by atoms with van der Waals surface area (Å²) < 4.78 is 1.56. The molecule has 9 heteroatoms. The second kappa shape index (κ2) is 9.77. The molecule has 2 N–H and O–H groups in total. The van der Waals surface area contributed by atoms with E-state index in [-0.39, 0.29) is 17.2 Å². The van der Waals surface area contributed by atoms with Crippen LogP contribution in [0.1, 0.15) is 24.2 Å². The largest absolute Gasteiger partial charge is 0.287 e. The van der Waals surface area contributed by atoms with Crippen LogP contribution in [0.5, 0.6) is 0 Å². The van der Waals surface area contributed by atoms with Gasteiger partial charge in [-0.3, -0.25) is 29.8 Å².